The van der Waals surface area contributed by atoms with Crippen LogP contribution in [0.2, 0.25) is 5.02 Å². The second-order valence-corrected chi connectivity index (χ2v) is 7.11. The number of benzene rings is 1. The van der Waals surface area contributed by atoms with E-state index in [1.807, 2.05) is 13.0 Å². The molecule has 0 saturated carbocycles. The number of carbonyl (C=O) groups is 1. The third-order valence-corrected chi connectivity index (χ3v) is 5.52. The molecule has 1 atom stereocenters. The van der Waals surface area contributed by atoms with E-state index in [0.717, 1.165) is 11.3 Å². The van der Waals surface area contributed by atoms with Gasteiger partial charge in [-0.3, -0.25) is 9.59 Å². The van der Waals surface area contributed by atoms with Crippen LogP contribution in [0.5, 0.6) is 5.75 Å². The van der Waals surface area contributed by atoms with Crippen molar-refractivity contribution in [2.45, 2.75) is 19.4 Å². The van der Waals surface area contributed by atoms with Crippen LogP contribution in [-0.4, -0.2) is 48.2 Å². The molecule has 7 nitrogen and oxygen atoms in total. The Hall–Kier alpha value is -3.06. The van der Waals surface area contributed by atoms with Crippen LogP contribution in [-0.2, 0) is 0 Å². The molecule has 0 bridgehead atoms. The number of nitrogens with two attached hydrogens (primary N) is 1. The first-order chi connectivity index (χ1) is 13.9. The maximum Gasteiger partial charge on any atom is 0.256 e. The first kappa shape index (κ1) is 20.7. The monoisotopic (exact) mass is 415 g/mol. The van der Waals surface area contributed by atoms with Crippen molar-refractivity contribution in [2.24, 2.45) is 5.73 Å². The lowest BCUT2D eigenvalue weighted by Gasteiger charge is -2.35. The highest BCUT2D eigenvalue weighted by Gasteiger charge is 2.33. The van der Waals surface area contributed by atoms with Crippen LogP contribution >= 0.6 is 11.6 Å². The molecule has 1 aromatic carbocycles. The van der Waals surface area contributed by atoms with Crippen molar-refractivity contribution < 1.29 is 14.5 Å². The zero-order valence-electron chi connectivity index (χ0n) is 16.6. The van der Waals surface area contributed by atoms with E-state index in [2.05, 4.69) is 9.98 Å². The van der Waals surface area contributed by atoms with Crippen molar-refractivity contribution in [2.75, 3.05) is 20.7 Å². The summed E-state index contributed by atoms with van der Waals surface area (Å²) in [6.45, 7) is 2.34. The molecule has 1 aromatic heterocycles. The van der Waals surface area contributed by atoms with Gasteiger partial charge in [-0.15, -0.1) is 0 Å². The summed E-state index contributed by atoms with van der Waals surface area (Å²) in [4.78, 5) is 32.5. The van der Waals surface area contributed by atoms with Gasteiger partial charge in [0, 0.05) is 23.9 Å². The van der Waals surface area contributed by atoms with Gasteiger partial charge in [-0.05, 0) is 31.5 Å². The number of nitrogens with zero attached hydrogens (tertiary/aromatic N) is 1. The second-order valence-electron chi connectivity index (χ2n) is 6.73. The van der Waals surface area contributed by atoms with Crippen molar-refractivity contribution in [3.05, 3.63) is 74.3 Å². The normalized spacial score (nSPS) is 17.4. The number of ether oxygens (including phenoxy) is 1. The largest absolute Gasteiger partial charge is 0.495 e. The van der Waals surface area contributed by atoms with Gasteiger partial charge in [0.05, 0.1) is 23.7 Å². The number of pyridine rings is 1. The van der Waals surface area contributed by atoms with Gasteiger partial charge >= 0.3 is 0 Å². The molecule has 29 heavy (non-hydrogen) atoms. The molecule has 3 rings (SSSR count). The van der Waals surface area contributed by atoms with E-state index in [9.17, 15) is 9.59 Å². The van der Waals surface area contributed by atoms with Crippen molar-refractivity contribution in [3.63, 3.8) is 0 Å². The van der Waals surface area contributed by atoms with Gasteiger partial charge in [0.15, 0.2) is 0 Å². The van der Waals surface area contributed by atoms with Gasteiger partial charge in [0.25, 0.3) is 5.91 Å². The molecule has 2 aromatic rings. The van der Waals surface area contributed by atoms with E-state index < -0.39 is 0 Å². The van der Waals surface area contributed by atoms with Crippen molar-refractivity contribution in [1.82, 2.24) is 9.88 Å². The third kappa shape index (κ3) is 3.91. The number of nitrogens with one attached hydrogen (secondary N) is 2. The summed E-state index contributed by atoms with van der Waals surface area (Å²) in [5, 5.41) is 0.282. The minimum Gasteiger partial charge on any atom is -0.495 e. The molecular formula is C21H24ClN4O3+. The Morgan fingerprint density at radius 3 is 2.69 bits per heavy atom. The van der Waals surface area contributed by atoms with E-state index >= 15 is 0 Å². The molecule has 1 unspecified atom stereocenters. The van der Waals surface area contributed by atoms with E-state index in [0.29, 0.717) is 35.7 Å². The molecular weight excluding hydrogens is 392 g/mol. The zero-order valence-corrected chi connectivity index (χ0v) is 17.3. The zero-order chi connectivity index (χ0) is 21.1. The summed E-state index contributed by atoms with van der Waals surface area (Å²) in [7, 11) is 3.29. The molecule has 0 radical (unpaired) electrons. The van der Waals surface area contributed by atoms with Crippen molar-refractivity contribution in [3.8, 4) is 5.75 Å². The number of hydrogen-bond acceptors (Lipinski definition) is 4. The topological polar surface area (TPSA) is 102 Å². The van der Waals surface area contributed by atoms with E-state index in [-0.39, 0.29) is 22.5 Å². The number of rotatable bonds is 4. The highest BCUT2D eigenvalue weighted by atomic mass is 35.5. The molecule has 1 aliphatic rings. The third-order valence-electron chi connectivity index (χ3n) is 5.13. The van der Waals surface area contributed by atoms with Crippen LogP contribution in [0.3, 0.4) is 0 Å². The molecule has 4 N–H and O–H groups in total. The molecule has 8 heteroatoms. The number of hydrogen-bond donors (Lipinski definition) is 3. The minimum atomic E-state index is -0.340. The second kappa shape index (κ2) is 8.53. The molecule has 1 amide bonds. The van der Waals surface area contributed by atoms with Crippen molar-refractivity contribution >= 4 is 23.2 Å². The van der Waals surface area contributed by atoms with Gasteiger partial charge in [0.1, 0.15) is 18.5 Å². The van der Waals surface area contributed by atoms with Crippen LogP contribution < -0.4 is 21.0 Å². The predicted molar refractivity (Wildman–Crippen MR) is 112 cm³/mol. The summed E-state index contributed by atoms with van der Waals surface area (Å²) in [6, 6.07) is 9.73. The molecule has 2 heterocycles. The Bertz CT molecular complexity index is 1060. The van der Waals surface area contributed by atoms with Crippen molar-refractivity contribution in [1.29, 1.82) is 0 Å². The number of carbonyl (C=O) groups excluding carboxylic acids is 1. The van der Waals surface area contributed by atoms with Gasteiger partial charge in [0.2, 0.25) is 11.3 Å². The minimum absolute atomic E-state index is 0.192. The molecule has 0 saturated heterocycles. The van der Waals surface area contributed by atoms with E-state index in [1.165, 1.54) is 13.2 Å². The fourth-order valence-electron chi connectivity index (χ4n) is 3.57. The summed E-state index contributed by atoms with van der Waals surface area (Å²) in [6.07, 6.45) is 0.538. The molecule has 0 spiro atoms. The quantitative estimate of drug-likeness (QED) is 0.639. The fourth-order valence-corrected chi connectivity index (χ4v) is 3.85. The Morgan fingerprint density at radius 1 is 1.31 bits per heavy atom. The molecule has 0 fully saturated rings. The Labute approximate surface area is 173 Å². The Kier molecular flexibility index (Phi) is 6.08. The maximum absolute atomic E-state index is 13.1. The van der Waals surface area contributed by atoms with E-state index in [1.54, 1.807) is 36.2 Å². The lowest BCUT2D eigenvalue weighted by molar-refractivity contribution is -0.418. The van der Waals surface area contributed by atoms with Crippen LogP contribution in [0, 0.1) is 0 Å². The lowest BCUT2D eigenvalue weighted by Crippen LogP contribution is -2.69. The van der Waals surface area contributed by atoms with Crippen LogP contribution in [0.15, 0.2) is 52.5 Å². The van der Waals surface area contributed by atoms with Gasteiger partial charge in [-0.25, -0.2) is 4.99 Å². The smallest absolute Gasteiger partial charge is 0.256 e. The van der Waals surface area contributed by atoms with Gasteiger partial charge in [-0.1, -0.05) is 23.7 Å². The maximum atomic E-state index is 13.1. The molecule has 1 aliphatic heterocycles. The lowest BCUT2D eigenvalue weighted by atomic mass is 9.93. The first-order valence-corrected chi connectivity index (χ1v) is 9.63. The highest BCUT2D eigenvalue weighted by Crippen LogP contribution is 2.31. The summed E-state index contributed by atoms with van der Waals surface area (Å²) >= 11 is 6.34. The Balaban J connectivity index is 1.94. The van der Waals surface area contributed by atoms with E-state index in [4.69, 9.17) is 22.1 Å². The van der Waals surface area contributed by atoms with Crippen LogP contribution in [0.4, 0.5) is 0 Å². The molecule has 0 aliphatic carbocycles. The summed E-state index contributed by atoms with van der Waals surface area (Å²) in [5.74, 6) is 0.243. The van der Waals surface area contributed by atoms with Crippen LogP contribution in [0.25, 0.3) is 0 Å². The number of amides is 1. The first-order valence-electron chi connectivity index (χ1n) is 9.25. The predicted octanol–water partition coefficient (Wildman–Crippen LogP) is 0.684. The van der Waals surface area contributed by atoms with Crippen LogP contribution in [0.1, 0.15) is 29.4 Å². The Morgan fingerprint density at radius 2 is 2.03 bits per heavy atom. The average molecular weight is 416 g/mol. The SMILES string of the molecule is C[NH+]=C(C1=C(N)C(C)N(C(=O)c2cccc(OC)c2Cl)CC1)c1cccc(=O)[nH]1. The highest BCUT2D eigenvalue weighted by molar-refractivity contribution is 6.35. The number of halogens is 1. The summed E-state index contributed by atoms with van der Waals surface area (Å²) in [5.41, 5.74) is 9.48. The fraction of sp³-hybridized carbons (Fsp3) is 0.286. The van der Waals surface area contributed by atoms with Gasteiger partial charge in [-0.2, -0.15) is 0 Å². The molecule has 152 valence electrons. The number of aromatic amines is 1. The number of aromatic nitrogens is 1. The van der Waals surface area contributed by atoms with Gasteiger partial charge < -0.3 is 20.4 Å². The number of H-pyrrole nitrogens is 1. The average Bonchev–Trinajstić information content (AvgIpc) is 2.71. The number of methoxy groups -OCH3 is 1. The standard InChI is InChI=1S/C21H23ClN4O3/c1-12-19(23)14(20(24-2)15-7-5-9-17(27)25-15)10-11-26(12)21(28)13-6-4-8-16(29-3)18(13)22/h4-9,12H,10-11,23H2,1-3H3,(H,25,27)/p+1. The summed E-state index contributed by atoms with van der Waals surface area (Å²) < 4.78 is 5.22.